The highest BCUT2D eigenvalue weighted by atomic mass is 19.3. The molecule has 0 aliphatic carbocycles. The van der Waals surface area contributed by atoms with Crippen molar-refractivity contribution in [2.45, 2.75) is 19.3 Å². The van der Waals surface area contributed by atoms with Crippen LogP contribution in [0.25, 0.3) is 0 Å². The van der Waals surface area contributed by atoms with E-state index >= 15 is 0 Å². The first-order chi connectivity index (χ1) is 8.54. The zero-order valence-corrected chi connectivity index (χ0v) is 9.90. The van der Waals surface area contributed by atoms with Gasteiger partial charge >= 0.3 is 0 Å². The summed E-state index contributed by atoms with van der Waals surface area (Å²) < 4.78 is 28.2. The summed E-state index contributed by atoms with van der Waals surface area (Å²) in [5.41, 5.74) is 2.08. The number of halogens is 2. The molecule has 0 saturated carbocycles. The minimum Gasteiger partial charge on any atom is -0.366 e. The van der Waals surface area contributed by atoms with Gasteiger partial charge in [0.1, 0.15) is 13.2 Å². The number of likely N-dealkylation sites (tertiary alicyclic amines) is 1. The van der Waals surface area contributed by atoms with Gasteiger partial charge in [0.2, 0.25) is 11.8 Å². The van der Waals surface area contributed by atoms with Crippen LogP contribution in [0.15, 0.2) is 0 Å². The lowest BCUT2D eigenvalue weighted by Gasteiger charge is -2.30. The molecule has 2 amide bonds. The predicted molar refractivity (Wildman–Crippen MR) is 58.5 cm³/mol. The number of nitrogens with zero attached hydrogens (tertiary/aromatic N) is 1. The highest BCUT2D eigenvalue weighted by Gasteiger charge is 2.26. The van der Waals surface area contributed by atoms with E-state index in [1.54, 1.807) is 0 Å². The Balaban J connectivity index is 2.25. The van der Waals surface area contributed by atoms with Gasteiger partial charge in [-0.2, -0.15) is 0 Å². The summed E-state index contributed by atoms with van der Waals surface area (Å²) in [5.74, 6) is 4.26. The molecular formula is C10H17F2N3O3. The Labute approximate surface area is 103 Å². The van der Waals surface area contributed by atoms with E-state index in [0.29, 0.717) is 25.9 Å². The van der Waals surface area contributed by atoms with E-state index in [-0.39, 0.29) is 24.3 Å². The highest BCUT2D eigenvalue weighted by Crippen LogP contribution is 2.17. The molecule has 1 fully saturated rings. The molecule has 1 aliphatic rings. The van der Waals surface area contributed by atoms with Crippen molar-refractivity contribution < 1.29 is 23.1 Å². The van der Waals surface area contributed by atoms with Gasteiger partial charge in [-0.25, -0.2) is 14.6 Å². The van der Waals surface area contributed by atoms with Crippen LogP contribution in [0.3, 0.4) is 0 Å². The number of hydrazine groups is 1. The minimum atomic E-state index is -2.57. The quantitative estimate of drug-likeness (QED) is 0.398. The summed E-state index contributed by atoms with van der Waals surface area (Å²) in [6.45, 7) is -0.264. The zero-order chi connectivity index (χ0) is 13.5. The lowest BCUT2D eigenvalue weighted by molar-refractivity contribution is -0.140. The van der Waals surface area contributed by atoms with Crippen molar-refractivity contribution in [2.75, 3.05) is 26.3 Å². The summed E-state index contributed by atoms with van der Waals surface area (Å²) in [4.78, 5) is 24.3. The fourth-order valence-electron chi connectivity index (χ4n) is 1.84. The average Bonchev–Trinajstić information content (AvgIpc) is 2.37. The monoisotopic (exact) mass is 265 g/mol. The summed E-state index contributed by atoms with van der Waals surface area (Å²) in [6.07, 6.45) is -1.54. The first kappa shape index (κ1) is 14.8. The van der Waals surface area contributed by atoms with Gasteiger partial charge in [-0.3, -0.25) is 15.0 Å². The number of piperidine rings is 1. The number of alkyl halides is 2. The molecule has 1 saturated heterocycles. The fourth-order valence-corrected chi connectivity index (χ4v) is 1.84. The second kappa shape index (κ2) is 7.22. The first-order valence-electron chi connectivity index (χ1n) is 5.68. The highest BCUT2D eigenvalue weighted by molar-refractivity contribution is 5.80. The molecule has 0 aromatic carbocycles. The third kappa shape index (κ3) is 4.53. The van der Waals surface area contributed by atoms with Crippen molar-refractivity contribution in [1.82, 2.24) is 10.3 Å². The molecule has 104 valence electrons. The molecule has 1 heterocycles. The Bertz CT molecular complexity index is 294. The van der Waals surface area contributed by atoms with Crippen molar-refractivity contribution in [3.63, 3.8) is 0 Å². The molecule has 0 unspecified atom stereocenters. The Kier molecular flexibility index (Phi) is 5.93. The van der Waals surface area contributed by atoms with E-state index in [9.17, 15) is 18.4 Å². The Morgan fingerprint density at radius 2 is 2.00 bits per heavy atom. The first-order valence-corrected chi connectivity index (χ1v) is 5.68. The average molecular weight is 265 g/mol. The molecule has 0 bridgehead atoms. The molecule has 1 aliphatic heterocycles. The number of rotatable bonds is 5. The lowest BCUT2D eigenvalue weighted by Crippen LogP contribution is -2.45. The van der Waals surface area contributed by atoms with Crippen LogP contribution in [-0.2, 0) is 14.3 Å². The van der Waals surface area contributed by atoms with E-state index in [2.05, 4.69) is 10.2 Å². The van der Waals surface area contributed by atoms with Crippen LogP contribution in [-0.4, -0.2) is 49.4 Å². The number of hydrogen-bond donors (Lipinski definition) is 2. The van der Waals surface area contributed by atoms with Crippen LogP contribution in [0.4, 0.5) is 8.78 Å². The topological polar surface area (TPSA) is 84.7 Å². The fraction of sp³-hybridized carbons (Fsp3) is 0.800. The van der Waals surface area contributed by atoms with Crippen LogP contribution in [0.5, 0.6) is 0 Å². The van der Waals surface area contributed by atoms with Crippen molar-refractivity contribution in [3.8, 4) is 0 Å². The molecule has 18 heavy (non-hydrogen) atoms. The summed E-state index contributed by atoms with van der Waals surface area (Å²) in [7, 11) is 0. The largest absolute Gasteiger partial charge is 0.366 e. The van der Waals surface area contributed by atoms with Crippen LogP contribution in [0.1, 0.15) is 12.8 Å². The van der Waals surface area contributed by atoms with Crippen LogP contribution < -0.4 is 11.3 Å². The number of nitrogens with two attached hydrogens (primary N) is 1. The van der Waals surface area contributed by atoms with E-state index in [4.69, 9.17) is 5.84 Å². The molecule has 1 rings (SSSR count). The SMILES string of the molecule is NNC(=O)C1CCN(C(=O)COCC(F)F)CC1. The number of nitrogens with one attached hydrogen (secondary N) is 1. The lowest BCUT2D eigenvalue weighted by atomic mass is 9.96. The molecule has 6 nitrogen and oxygen atoms in total. The summed E-state index contributed by atoms with van der Waals surface area (Å²) in [6, 6.07) is 0. The van der Waals surface area contributed by atoms with Crippen molar-refractivity contribution in [1.29, 1.82) is 0 Å². The molecule has 0 atom stereocenters. The van der Waals surface area contributed by atoms with Crippen LogP contribution in [0, 0.1) is 5.92 Å². The molecule has 8 heteroatoms. The summed E-state index contributed by atoms with van der Waals surface area (Å²) >= 11 is 0. The minimum absolute atomic E-state index is 0.193. The molecule has 0 radical (unpaired) electrons. The van der Waals surface area contributed by atoms with Gasteiger partial charge in [0.25, 0.3) is 6.43 Å². The van der Waals surface area contributed by atoms with Gasteiger partial charge in [0, 0.05) is 19.0 Å². The second-order valence-corrected chi connectivity index (χ2v) is 4.07. The van der Waals surface area contributed by atoms with Gasteiger partial charge in [-0.05, 0) is 12.8 Å². The van der Waals surface area contributed by atoms with Gasteiger partial charge < -0.3 is 9.64 Å². The molecular weight excluding hydrogens is 248 g/mol. The number of ether oxygens (including phenoxy) is 1. The number of amides is 2. The van der Waals surface area contributed by atoms with Crippen molar-refractivity contribution in [3.05, 3.63) is 0 Å². The second-order valence-electron chi connectivity index (χ2n) is 4.07. The third-order valence-corrected chi connectivity index (χ3v) is 2.83. The Morgan fingerprint density at radius 3 is 2.50 bits per heavy atom. The van der Waals surface area contributed by atoms with E-state index in [0.717, 1.165) is 0 Å². The maximum absolute atomic E-state index is 11.8. The van der Waals surface area contributed by atoms with Crippen LogP contribution >= 0.6 is 0 Å². The van der Waals surface area contributed by atoms with E-state index in [1.165, 1.54) is 4.90 Å². The summed E-state index contributed by atoms with van der Waals surface area (Å²) in [5, 5.41) is 0. The van der Waals surface area contributed by atoms with Gasteiger partial charge in [-0.1, -0.05) is 0 Å². The van der Waals surface area contributed by atoms with E-state index < -0.39 is 13.0 Å². The Morgan fingerprint density at radius 1 is 1.39 bits per heavy atom. The molecule has 0 aromatic heterocycles. The maximum Gasteiger partial charge on any atom is 0.261 e. The smallest absolute Gasteiger partial charge is 0.261 e. The normalized spacial score (nSPS) is 17.0. The Hall–Kier alpha value is -1.28. The maximum atomic E-state index is 11.8. The number of carbonyl (C=O) groups excluding carboxylic acids is 2. The zero-order valence-electron chi connectivity index (χ0n) is 9.90. The number of carbonyl (C=O) groups is 2. The van der Waals surface area contributed by atoms with Gasteiger partial charge in [0.05, 0.1) is 0 Å². The molecule has 0 spiro atoms. The molecule has 0 aromatic rings. The van der Waals surface area contributed by atoms with Crippen LogP contribution in [0.2, 0.25) is 0 Å². The van der Waals surface area contributed by atoms with Gasteiger partial charge in [-0.15, -0.1) is 0 Å². The standard InChI is InChI=1S/C10H17F2N3O3/c11-8(12)5-18-6-9(16)15-3-1-7(2-4-15)10(17)14-13/h7-8H,1-6,13H2,(H,14,17). The third-order valence-electron chi connectivity index (χ3n) is 2.83. The van der Waals surface area contributed by atoms with Crippen molar-refractivity contribution >= 4 is 11.8 Å². The van der Waals surface area contributed by atoms with Crippen molar-refractivity contribution in [2.24, 2.45) is 11.8 Å². The molecule has 3 N–H and O–H groups in total. The van der Waals surface area contributed by atoms with E-state index in [1.807, 2.05) is 0 Å². The predicted octanol–water partition coefficient (Wildman–Crippen LogP) is -0.503. The number of hydrogen-bond acceptors (Lipinski definition) is 4. The van der Waals surface area contributed by atoms with Gasteiger partial charge in [0.15, 0.2) is 0 Å².